The molecule has 0 spiro atoms. The van der Waals surface area contributed by atoms with E-state index in [0.717, 1.165) is 38.9 Å². The van der Waals surface area contributed by atoms with Crippen LogP contribution in [0.2, 0.25) is 0 Å². The summed E-state index contributed by atoms with van der Waals surface area (Å²) in [5.74, 6) is 4.97. The molecule has 98 valence electrons. The van der Waals surface area contributed by atoms with Crippen molar-refractivity contribution in [3.05, 3.63) is 0 Å². The molecule has 0 fully saturated rings. The topological polar surface area (TPSA) is 82.2 Å². The normalized spacial score (nSPS) is 12.2. The van der Waals surface area contributed by atoms with Crippen LogP contribution >= 0.6 is 0 Å². The minimum absolute atomic E-state index is 0.0815. The monoisotopic (exact) mass is 240 g/mol. The third-order valence-electron chi connectivity index (χ3n) is 2.74. The van der Waals surface area contributed by atoms with Crippen LogP contribution in [0.3, 0.4) is 0 Å². The number of hydrogen-bond donors (Lipinski definition) is 2. The molecule has 0 aliphatic heterocycles. The fraction of sp³-hybridized carbons (Fsp3) is 0.833. The van der Waals surface area contributed by atoms with E-state index in [1.54, 1.807) is 0 Å². The van der Waals surface area contributed by atoms with Gasteiger partial charge in [0.1, 0.15) is 0 Å². The first-order valence-electron chi connectivity index (χ1n) is 6.25. The second-order valence-corrected chi connectivity index (χ2v) is 4.30. The zero-order valence-corrected chi connectivity index (χ0v) is 10.9. The summed E-state index contributed by atoms with van der Waals surface area (Å²) in [5.41, 5.74) is 2.12. The van der Waals surface area contributed by atoms with E-state index in [4.69, 9.17) is 11.1 Å². The fourth-order valence-corrected chi connectivity index (χ4v) is 1.68. The summed E-state index contributed by atoms with van der Waals surface area (Å²) in [4.78, 5) is 13.1. The number of hydrazine groups is 1. The SMILES string of the molecule is CCN(CCCCCC(=O)NN)CC(C)C#N. The Balaban J connectivity index is 3.57. The van der Waals surface area contributed by atoms with Crippen LogP contribution in [0, 0.1) is 17.2 Å². The molecule has 0 aliphatic carbocycles. The largest absolute Gasteiger partial charge is 0.302 e. The van der Waals surface area contributed by atoms with Gasteiger partial charge in [-0.3, -0.25) is 10.2 Å². The lowest BCUT2D eigenvalue weighted by atomic mass is 10.1. The van der Waals surface area contributed by atoms with Gasteiger partial charge in [0.2, 0.25) is 5.91 Å². The number of nitrogens with one attached hydrogen (secondary N) is 1. The molecule has 1 amide bonds. The zero-order chi connectivity index (χ0) is 13.1. The van der Waals surface area contributed by atoms with Crippen molar-refractivity contribution < 1.29 is 4.79 Å². The Bertz CT molecular complexity index is 249. The molecule has 0 aromatic rings. The number of hydrogen-bond acceptors (Lipinski definition) is 4. The van der Waals surface area contributed by atoms with Crippen LogP contribution in [0.5, 0.6) is 0 Å². The van der Waals surface area contributed by atoms with E-state index in [2.05, 4.69) is 23.3 Å². The van der Waals surface area contributed by atoms with Gasteiger partial charge < -0.3 is 4.90 Å². The molecule has 0 rings (SSSR count). The van der Waals surface area contributed by atoms with Gasteiger partial charge in [-0.25, -0.2) is 5.84 Å². The fourth-order valence-electron chi connectivity index (χ4n) is 1.68. The van der Waals surface area contributed by atoms with Crippen molar-refractivity contribution >= 4 is 5.91 Å². The van der Waals surface area contributed by atoms with Gasteiger partial charge in [0.15, 0.2) is 0 Å². The number of rotatable bonds is 9. The highest BCUT2D eigenvalue weighted by atomic mass is 16.2. The van der Waals surface area contributed by atoms with Crippen molar-refractivity contribution in [3.63, 3.8) is 0 Å². The Morgan fingerprint density at radius 3 is 2.71 bits per heavy atom. The first-order valence-corrected chi connectivity index (χ1v) is 6.25. The maximum Gasteiger partial charge on any atom is 0.233 e. The highest BCUT2D eigenvalue weighted by Crippen LogP contribution is 2.04. The Labute approximate surface area is 104 Å². The number of nitrogens with two attached hydrogens (primary N) is 1. The Morgan fingerprint density at radius 1 is 1.47 bits per heavy atom. The molecule has 5 heteroatoms. The number of amides is 1. The molecule has 0 heterocycles. The quantitative estimate of drug-likeness (QED) is 0.273. The summed E-state index contributed by atoms with van der Waals surface area (Å²) in [6.45, 7) is 6.83. The predicted molar refractivity (Wildman–Crippen MR) is 67.7 cm³/mol. The summed E-state index contributed by atoms with van der Waals surface area (Å²) in [5, 5.41) is 8.74. The molecule has 0 saturated carbocycles. The standard InChI is InChI=1S/C12H24N4O/c1-3-16(10-11(2)9-13)8-6-4-5-7-12(17)15-14/h11H,3-8,10,14H2,1-2H3,(H,15,17). The lowest BCUT2D eigenvalue weighted by Crippen LogP contribution is -2.30. The molecule has 0 aliphatic rings. The number of nitriles is 1. The molecule has 0 radical (unpaired) electrons. The van der Waals surface area contributed by atoms with Crippen molar-refractivity contribution in [1.29, 1.82) is 5.26 Å². The van der Waals surface area contributed by atoms with E-state index < -0.39 is 0 Å². The Kier molecular flexibility index (Phi) is 9.40. The molecule has 0 aromatic heterocycles. The van der Waals surface area contributed by atoms with Gasteiger partial charge in [-0.2, -0.15) is 5.26 Å². The summed E-state index contributed by atoms with van der Waals surface area (Å²) in [6.07, 6.45) is 3.44. The van der Waals surface area contributed by atoms with Gasteiger partial charge in [0.25, 0.3) is 0 Å². The van der Waals surface area contributed by atoms with E-state index in [0.29, 0.717) is 6.42 Å². The van der Waals surface area contributed by atoms with Gasteiger partial charge in [-0.05, 0) is 32.9 Å². The van der Waals surface area contributed by atoms with E-state index in [1.165, 1.54) is 0 Å². The number of nitrogens with zero attached hydrogens (tertiary/aromatic N) is 2. The number of carbonyl (C=O) groups excluding carboxylic acids is 1. The van der Waals surface area contributed by atoms with Crippen LogP contribution in [-0.4, -0.2) is 30.4 Å². The van der Waals surface area contributed by atoms with Crippen LogP contribution in [0.4, 0.5) is 0 Å². The highest BCUT2D eigenvalue weighted by Gasteiger charge is 2.07. The second-order valence-electron chi connectivity index (χ2n) is 4.30. The highest BCUT2D eigenvalue weighted by molar-refractivity contribution is 5.74. The Hall–Kier alpha value is -1.12. The lowest BCUT2D eigenvalue weighted by molar-refractivity contribution is -0.121. The van der Waals surface area contributed by atoms with Crippen molar-refractivity contribution in [2.24, 2.45) is 11.8 Å². The van der Waals surface area contributed by atoms with Gasteiger partial charge in [0.05, 0.1) is 12.0 Å². The average Bonchev–Trinajstić information content (AvgIpc) is 2.36. The molecular formula is C12H24N4O. The van der Waals surface area contributed by atoms with Crippen LogP contribution in [0.1, 0.15) is 39.5 Å². The third-order valence-corrected chi connectivity index (χ3v) is 2.74. The molecule has 3 N–H and O–H groups in total. The maximum atomic E-state index is 10.9. The van der Waals surface area contributed by atoms with Gasteiger partial charge in [0, 0.05) is 13.0 Å². The summed E-state index contributed by atoms with van der Waals surface area (Å²) in [6, 6.07) is 2.25. The maximum absolute atomic E-state index is 10.9. The minimum atomic E-state index is -0.101. The molecule has 0 saturated heterocycles. The molecule has 1 unspecified atom stereocenters. The molecule has 1 atom stereocenters. The van der Waals surface area contributed by atoms with Crippen LogP contribution < -0.4 is 11.3 Å². The summed E-state index contributed by atoms with van der Waals surface area (Å²) >= 11 is 0. The van der Waals surface area contributed by atoms with E-state index in [1.807, 2.05) is 6.92 Å². The van der Waals surface area contributed by atoms with E-state index >= 15 is 0 Å². The molecule has 5 nitrogen and oxygen atoms in total. The summed E-state index contributed by atoms with van der Waals surface area (Å²) < 4.78 is 0. The molecule has 0 aromatic carbocycles. The first kappa shape index (κ1) is 15.9. The van der Waals surface area contributed by atoms with Crippen LogP contribution in [0.15, 0.2) is 0 Å². The van der Waals surface area contributed by atoms with Crippen LogP contribution in [-0.2, 0) is 4.79 Å². The Morgan fingerprint density at radius 2 is 2.18 bits per heavy atom. The van der Waals surface area contributed by atoms with E-state index in [9.17, 15) is 4.79 Å². The number of carbonyl (C=O) groups is 1. The van der Waals surface area contributed by atoms with Crippen molar-refractivity contribution in [2.45, 2.75) is 39.5 Å². The molecule has 17 heavy (non-hydrogen) atoms. The van der Waals surface area contributed by atoms with Gasteiger partial charge >= 0.3 is 0 Å². The number of unbranched alkanes of at least 4 members (excludes halogenated alkanes) is 2. The van der Waals surface area contributed by atoms with E-state index in [-0.39, 0.29) is 11.8 Å². The zero-order valence-electron chi connectivity index (χ0n) is 10.9. The van der Waals surface area contributed by atoms with Crippen molar-refractivity contribution in [1.82, 2.24) is 10.3 Å². The van der Waals surface area contributed by atoms with Crippen molar-refractivity contribution in [2.75, 3.05) is 19.6 Å². The van der Waals surface area contributed by atoms with Crippen LogP contribution in [0.25, 0.3) is 0 Å². The van der Waals surface area contributed by atoms with Gasteiger partial charge in [-0.1, -0.05) is 13.3 Å². The smallest absolute Gasteiger partial charge is 0.233 e. The molecule has 0 bridgehead atoms. The first-order chi connectivity index (χ1) is 8.13. The predicted octanol–water partition coefficient (Wildman–Crippen LogP) is 1.02. The van der Waals surface area contributed by atoms with Crippen molar-refractivity contribution in [3.8, 4) is 6.07 Å². The molecular weight excluding hydrogens is 216 g/mol. The third kappa shape index (κ3) is 8.66. The summed E-state index contributed by atoms with van der Waals surface area (Å²) in [7, 11) is 0. The average molecular weight is 240 g/mol. The minimum Gasteiger partial charge on any atom is -0.302 e. The van der Waals surface area contributed by atoms with Gasteiger partial charge in [-0.15, -0.1) is 0 Å². The lowest BCUT2D eigenvalue weighted by Gasteiger charge is -2.21. The second kappa shape index (κ2) is 10.1.